The first-order valence-electron chi connectivity index (χ1n) is 8.35. The van der Waals surface area contributed by atoms with Gasteiger partial charge in [0.1, 0.15) is 5.60 Å². The van der Waals surface area contributed by atoms with Gasteiger partial charge < -0.3 is 0 Å². The minimum Gasteiger partial charge on any atom is -0.206 e. The lowest BCUT2D eigenvalue weighted by atomic mass is 9.73. The normalized spacial score (nSPS) is 32.1. The highest BCUT2D eigenvalue weighted by Gasteiger charge is 2.40. The first-order chi connectivity index (χ1) is 9.37. The summed E-state index contributed by atoms with van der Waals surface area (Å²) in [6.45, 7) is 2.90. The van der Waals surface area contributed by atoms with Gasteiger partial charge in [-0.15, -0.1) is 0 Å². The Hall–Kier alpha value is -0.120. The highest BCUT2D eigenvalue weighted by atomic mass is 17.5. The fourth-order valence-electron chi connectivity index (χ4n) is 3.80. The van der Waals surface area contributed by atoms with E-state index in [0.717, 1.165) is 25.7 Å². The third kappa shape index (κ3) is 4.44. The lowest BCUT2D eigenvalue weighted by molar-refractivity contribution is -0.554. The predicted molar refractivity (Wildman–Crippen MR) is 75.4 cm³/mol. The van der Waals surface area contributed by atoms with Crippen molar-refractivity contribution in [3.63, 3.8) is 0 Å². The van der Waals surface area contributed by atoms with Crippen molar-refractivity contribution in [2.45, 2.75) is 89.6 Å². The molecule has 112 valence electrons. The summed E-state index contributed by atoms with van der Waals surface area (Å²) in [7, 11) is 0. The van der Waals surface area contributed by atoms with Crippen LogP contribution in [0.1, 0.15) is 84.0 Å². The molecular formula is C16H30O3. The molecule has 1 unspecified atom stereocenters. The largest absolute Gasteiger partial charge is 0.206 e. The summed E-state index contributed by atoms with van der Waals surface area (Å²) in [4.78, 5) is 10.9. The maximum absolute atomic E-state index is 5.82. The Bertz CT molecular complexity index is 226. The summed E-state index contributed by atoms with van der Waals surface area (Å²) >= 11 is 0. The Labute approximate surface area is 117 Å². The summed E-state index contributed by atoms with van der Waals surface area (Å²) < 4.78 is 0. The Morgan fingerprint density at radius 3 is 2.42 bits per heavy atom. The Morgan fingerprint density at radius 2 is 1.68 bits per heavy atom. The van der Waals surface area contributed by atoms with Crippen molar-refractivity contribution in [3.8, 4) is 0 Å². The summed E-state index contributed by atoms with van der Waals surface area (Å²) in [6, 6.07) is 0. The molecule has 0 amide bonds. The van der Waals surface area contributed by atoms with Gasteiger partial charge in [-0.3, -0.25) is 0 Å². The van der Waals surface area contributed by atoms with Crippen LogP contribution in [0.3, 0.4) is 0 Å². The quantitative estimate of drug-likeness (QED) is 0.679. The van der Waals surface area contributed by atoms with Crippen LogP contribution < -0.4 is 0 Å². The second-order valence-electron chi connectivity index (χ2n) is 6.29. The summed E-state index contributed by atoms with van der Waals surface area (Å²) in [6.07, 6.45) is 15.1. The van der Waals surface area contributed by atoms with Gasteiger partial charge in [0.2, 0.25) is 0 Å². The average Bonchev–Trinajstić information content (AvgIpc) is 2.33. The zero-order valence-corrected chi connectivity index (χ0v) is 12.5. The Morgan fingerprint density at radius 1 is 0.947 bits per heavy atom. The van der Waals surface area contributed by atoms with Crippen molar-refractivity contribution in [1.29, 1.82) is 0 Å². The SMILES string of the molecule is CCCC1(C2CCCCCCC2)CCCCOOO1. The molecule has 1 heterocycles. The van der Waals surface area contributed by atoms with Gasteiger partial charge >= 0.3 is 0 Å². The topological polar surface area (TPSA) is 27.7 Å². The highest BCUT2D eigenvalue weighted by Crippen LogP contribution is 2.41. The van der Waals surface area contributed by atoms with E-state index in [9.17, 15) is 0 Å². The highest BCUT2D eigenvalue weighted by molar-refractivity contribution is 4.88. The molecule has 2 fully saturated rings. The van der Waals surface area contributed by atoms with Gasteiger partial charge in [0, 0.05) is 0 Å². The fourth-order valence-corrected chi connectivity index (χ4v) is 3.80. The molecule has 1 aliphatic carbocycles. The van der Waals surface area contributed by atoms with Gasteiger partial charge in [-0.25, -0.2) is 4.89 Å². The third-order valence-corrected chi connectivity index (χ3v) is 4.85. The maximum atomic E-state index is 5.82. The van der Waals surface area contributed by atoms with Crippen LogP contribution in [0, 0.1) is 5.92 Å². The molecule has 0 radical (unpaired) electrons. The van der Waals surface area contributed by atoms with E-state index >= 15 is 0 Å². The molecule has 1 aliphatic heterocycles. The second-order valence-corrected chi connectivity index (χ2v) is 6.29. The van der Waals surface area contributed by atoms with E-state index in [4.69, 9.17) is 14.8 Å². The molecule has 19 heavy (non-hydrogen) atoms. The number of hydrogen-bond acceptors (Lipinski definition) is 3. The van der Waals surface area contributed by atoms with Crippen LogP contribution in [0.2, 0.25) is 0 Å². The molecule has 0 spiro atoms. The lowest BCUT2D eigenvalue weighted by Crippen LogP contribution is -2.42. The van der Waals surface area contributed by atoms with Crippen LogP contribution in [0.4, 0.5) is 0 Å². The molecule has 0 aromatic carbocycles. The molecule has 3 heteroatoms. The minimum atomic E-state index is -0.0908. The van der Waals surface area contributed by atoms with E-state index in [1.165, 1.54) is 51.4 Å². The molecule has 3 nitrogen and oxygen atoms in total. The van der Waals surface area contributed by atoms with Gasteiger partial charge in [0.15, 0.2) is 0 Å². The molecule has 0 aromatic rings. The smallest absolute Gasteiger partial charge is 0.109 e. The van der Waals surface area contributed by atoms with Crippen molar-refractivity contribution in [3.05, 3.63) is 0 Å². The monoisotopic (exact) mass is 270 g/mol. The van der Waals surface area contributed by atoms with Crippen molar-refractivity contribution >= 4 is 0 Å². The third-order valence-electron chi connectivity index (χ3n) is 4.85. The zero-order valence-electron chi connectivity index (χ0n) is 12.5. The number of hydrogen-bond donors (Lipinski definition) is 0. The van der Waals surface area contributed by atoms with Crippen LogP contribution in [-0.4, -0.2) is 12.2 Å². The van der Waals surface area contributed by atoms with Crippen LogP contribution in [0.15, 0.2) is 0 Å². The van der Waals surface area contributed by atoms with Crippen molar-refractivity contribution in [2.24, 2.45) is 5.92 Å². The van der Waals surface area contributed by atoms with Gasteiger partial charge in [-0.2, -0.15) is 4.89 Å². The van der Waals surface area contributed by atoms with Gasteiger partial charge in [-0.1, -0.05) is 50.5 Å². The van der Waals surface area contributed by atoms with E-state index in [1.54, 1.807) is 0 Å². The molecule has 1 saturated carbocycles. The maximum Gasteiger partial charge on any atom is 0.109 e. The molecule has 0 aromatic heterocycles. The van der Waals surface area contributed by atoms with Gasteiger partial charge in [0.25, 0.3) is 0 Å². The van der Waals surface area contributed by atoms with Crippen molar-refractivity contribution in [2.75, 3.05) is 6.61 Å². The molecule has 1 atom stereocenters. The first kappa shape index (κ1) is 15.3. The van der Waals surface area contributed by atoms with Crippen LogP contribution >= 0.6 is 0 Å². The molecular weight excluding hydrogens is 240 g/mol. The number of rotatable bonds is 3. The fraction of sp³-hybridized carbons (Fsp3) is 1.00. The van der Waals surface area contributed by atoms with Crippen molar-refractivity contribution < 1.29 is 14.8 Å². The predicted octanol–water partition coefficient (Wildman–Crippen LogP) is 4.95. The molecule has 1 saturated heterocycles. The lowest BCUT2D eigenvalue weighted by Gasteiger charge is -2.40. The van der Waals surface area contributed by atoms with E-state index in [-0.39, 0.29) is 5.60 Å². The average molecular weight is 270 g/mol. The van der Waals surface area contributed by atoms with Crippen LogP contribution in [0.5, 0.6) is 0 Å². The second kappa shape index (κ2) is 8.23. The Balaban J connectivity index is 2.04. The van der Waals surface area contributed by atoms with E-state index < -0.39 is 0 Å². The molecule has 0 bridgehead atoms. The summed E-state index contributed by atoms with van der Waals surface area (Å²) in [5.74, 6) is 0.648. The minimum absolute atomic E-state index is 0.0908. The summed E-state index contributed by atoms with van der Waals surface area (Å²) in [5.41, 5.74) is -0.0908. The Kier molecular flexibility index (Phi) is 6.62. The van der Waals surface area contributed by atoms with E-state index in [2.05, 4.69) is 6.92 Å². The zero-order chi connectivity index (χ0) is 13.4. The molecule has 0 N–H and O–H groups in total. The first-order valence-corrected chi connectivity index (χ1v) is 8.35. The van der Waals surface area contributed by atoms with Crippen molar-refractivity contribution in [1.82, 2.24) is 0 Å². The standard InChI is InChI=1S/C16H30O3/c1-2-12-16(13-8-9-14-17-19-18-16)15-10-6-4-3-5-7-11-15/h15H,2-14H2,1H3. The van der Waals surface area contributed by atoms with Crippen LogP contribution in [-0.2, 0) is 14.8 Å². The molecule has 2 rings (SSSR count). The van der Waals surface area contributed by atoms with Crippen LogP contribution in [0.25, 0.3) is 0 Å². The van der Waals surface area contributed by atoms with E-state index in [1.807, 2.05) is 0 Å². The van der Waals surface area contributed by atoms with E-state index in [0.29, 0.717) is 12.5 Å². The summed E-state index contributed by atoms with van der Waals surface area (Å²) in [5, 5.41) is 5.07. The van der Waals surface area contributed by atoms with Gasteiger partial charge in [-0.05, 0) is 44.4 Å². The van der Waals surface area contributed by atoms with Gasteiger partial charge in [0.05, 0.1) is 6.61 Å². The molecule has 2 aliphatic rings.